The molecule has 240 valence electrons. The van der Waals surface area contributed by atoms with Crippen LogP contribution in [-0.2, 0) is 32.5 Å². The average molecular weight is 743 g/mol. The van der Waals surface area contributed by atoms with Gasteiger partial charge in [0.1, 0.15) is 11.5 Å². The van der Waals surface area contributed by atoms with Gasteiger partial charge in [0, 0.05) is 19.8 Å². The maximum Gasteiger partial charge on any atom is 0.115 e. The highest BCUT2D eigenvalue weighted by Crippen LogP contribution is 2.64. The van der Waals surface area contributed by atoms with Gasteiger partial charge in [-0.05, 0) is 140 Å². The zero-order valence-electron chi connectivity index (χ0n) is 28.4. The molecule has 2 nitrogen and oxygen atoms in total. The van der Waals surface area contributed by atoms with Crippen LogP contribution in [0.25, 0.3) is 0 Å². The van der Waals surface area contributed by atoms with Gasteiger partial charge in [-0.1, -0.05) is 112 Å². The molecule has 4 aliphatic rings. The molecule has 8 rings (SSSR count). The Kier molecular flexibility index (Phi) is 6.95. The molecule has 4 aromatic rings. The molecule has 0 saturated heterocycles. The molecular formula is C42H46Br2O2. The molecule has 0 saturated carbocycles. The molecule has 0 bridgehead atoms. The van der Waals surface area contributed by atoms with Crippen molar-refractivity contribution in [3.8, 4) is 11.5 Å². The van der Waals surface area contributed by atoms with Gasteiger partial charge in [-0.2, -0.15) is 0 Å². The van der Waals surface area contributed by atoms with Gasteiger partial charge in [-0.15, -0.1) is 0 Å². The van der Waals surface area contributed by atoms with Crippen LogP contribution in [0.4, 0.5) is 0 Å². The first-order valence-corrected chi connectivity index (χ1v) is 18.2. The number of benzene rings is 4. The summed E-state index contributed by atoms with van der Waals surface area (Å²) in [5.74, 6) is 0.652. The lowest BCUT2D eigenvalue weighted by atomic mass is 9.72. The first-order chi connectivity index (χ1) is 21.3. The van der Waals surface area contributed by atoms with Crippen molar-refractivity contribution in [2.24, 2.45) is 0 Å². The number of phenols is 2. The number of halogens is 2. The fourth-order valence-electron chi connectivity index (χ4n) is 10.6. The second kappa shape index (κ2) is 9.98. The Morgan fingerprint density at radius 1 is 0.391 bits per heavy atom. The Morgan fingerprint density at radius 3 is 0.957 bits per heavy atom. The molecule has 0 aliphatic heterocycles. The van der Waals surface area contributed by atoms with Crippen LogP contribution >= 0.6 is 31.9 Å². The summed E-state index contributed by atoms with van der Waals surface area (Å²) >= 11 is 7.41. The topological polar surface area (TPSA) is 40.5 Å². The van der Waals surface area contributed by atoms with E-state index in [-0.39, 0.29) is 32.5 Å². The van der Waals surface area contributed by atoms with Gasteiger partial charge in [-0.3, -0.25) is 0 Å². The highest BCUT2D eigenvalue weighted by molar-refractivity contribution is 9.10. The van der Waals surface area contributed by atoms with Crippen LogP contribution in [0.15, 0.2) is 81.7 Å². The van der Waals surface area contributed by atoms with Gasteiger partial charge in [0.25, 0.3) is 0 Å². The second-order valence-electron chi connectivity index (χ2n) is 17.2. The van der Waals surface area contributed by atoms with Crippen molar-refractivity contribution in [1.29, 1.82) is 0 Å². The molecule has 0 amide bonds. The molecule has 0 fully saturated rings. The fraction of sp³-hybridized carbons (Fsp3) is 0.429. The monoisotopic (exact) mass is 740 g/mol. The Hall–Kier alpha value is -2.56. The molecule has 4 aliphatic carbocycles. The van der Waals surface area contributed by atoms with Gasteiger partial charge in [-0.25, -0.2) is 0 Å². The van der Waals surface area contributed by atoms with Crippen LogP contribution in [-0.4, -0.2) is 10.2 Å². The first-order valence-electron chi connectivity index (χ1n) is 16.6. The quantitative estimate of drug-likeness (QED) is 0.188. The number of hydrogen-bond donors (Lipinski definition) is 2. The summed E-state index contributed by atoms with van der Waals surface area (Å²) in [6.07, 6.45) is 4.41. The van der Waals surface area contributed by atoms with Crippen LogP contribution < -0.4 is 0 Å². The number of hydrogen-bond acceptors (Lipinski definition) is 2. The lowest BCUT2D eigenvalue weighted by Gasteiger charge is -2.30. The molecule has 0 heterocycles. The average Bonchev–Trinajstić information content (AvgIpc) is 3.49. The van der Waals surface area contributed by atoms with Gasteiger partial charge < -0.3 is 10.2 Å². The highest BCUT2D eigenvalue weighted by atomic mass is 79.9. The summed E-state index contributed by atoms with van der Waals surface area (Å²) < 4.78 is 2.38. The lowest BCUT2D eigenvalue weighted by Crippen LogP contribution is -2.27. The number of rotatable bonds is 0. The Labute approximate surface area is 291 Å². The summed E-state index contributed by atoms with van der Waals surface area (Å²) in [6.45, 7) is 18.7. The van der Waals surface area contributed by atoms with E-state index in [9.17, 15) is 10.2 Å². The van der Waals surface area contributed by atoms with E-state index in [1.54, 1.807) is 12.1 Å². The Bertz CT molecular complexity index is 1630. The molecule has 2 spiro atoms. The second-order valence-corrected chi connectivity index (χ2v) is 19.1. The largest absolute Gasteiger partial charge is 0.508 e. The maximum atomic E-state index is 10.1. The summed E-state index contributed by atoms with van der Waals surface area (Å²) in [5, 5.41) is 20.2. The standard InChI is InChI=1S/C21H22Br2.C21H24O2/c2*1-19(2)11-21(17-9-13(22)5-7-15(17)19)12-20(3,4)16-8-6-14(23)10-18(16)21/h5-10H,11-12H2,1-4H3;5-10,22-23H,11-12H2,1-4H3. The highest BCUT2D eigenvalue weighted by Gasteiger charge is 2.57. The van der Waals surface area contributed by atoms with Crippen molar-refractivity contribution in [3.05, 3.63) is 126 Å². The van der Waals surface area contributed by atoms with Crippen LogP contribution in [0, 0.1) is 0 Å². The first kappa shape index (κ1) is 32.0. The van der Waals surface area contributed by atoms with E-state index in [1.165, 1.54) is 66.3 Å². The van der Waals surface area contributed by atoms with E-state index in [1.807, 2.05) is 12.1 Å². The van der Waals surface area contributed by atoms with Crippen LogP contribution in [0.2, 0.25) is 0 Å². The van der Waals surface area contributed by atoms with Gasteiger partial charge >= 0.3 is 0 Å². The van der Waals surface area contributed by atoms with Crippen LogP contribution in [0.1, 0.15) is 126 Å². The van der Waals surface area contributed by atoms with Gasteiger partial charge in [0.2, 0.25) is 0 Å². The summed E-state index contributed by atoms with van der Waals surface area (Å²) in [7, 11) is 0. The third-order valence-electron chi connectivity index (χ3n) is 11.9. The molecule has 2 N–H and O–H groups in total. The minimum atomic E-state index is -0.116. The third kappa shape index (κ3) is 4.60. The molecular weight excluding hydrogens is 696 g/mol. The van der Waals surface area contributed by atoms with E-state index in [0.717, 1.165) is 12.8 Å². The fourth-order valence-corrected chi connectivity index (χ4v) is 11.3. The summed E-state index contributed by atoms with van der Waals surface area (Å²) in [6, 6.07) is 25.4. The van der Waals surface area contributed by atoms with E-state index >= 15 is 0 Å². The zero-order chi connectivity index (χ0) is 33.2. The molecule has 46 heavy (non-hydrogen) atoms. The van der Waals surface area contributed by atoms with Crippen LogP contribution in [0.3, 0.4) is 0 Å². The Morgan fingerprint density at radius 2 is 0.652 bits per heavy atom. The van der Waals surface area contributed by atoms with Crippen molar-refractivity contribution in [2.75, 3.05) is 0 Å². The minimum absolute atomic E-state index is 0.0617. The molecule has 0 atom stereocenters. The van der Waals surface area contributed by atoms with E-state index in [2.05, 4.69) is 136 Å². The maximum absolute atomic E-state index is 10.1. The van der Waals surface area contributed by atoms with Crippen molar-refractivity contribution in [1.82, 2.24) is 0 Å². The molecule has 4 aromatic carbocycles. The normalized spacial score (nSPS) is 22.1. The Balaban J connectivity index is 0.000000147. The van der Waals surface area contributed by atoms with Gasteiger partial charge in [0.15, 0.2) is 0 Å². The van der Waals surface area contributed by atoms with Crippen molar-refractivity contribution < 1.29 is 10.2 Å². The number of phenolic OH excluding ortho intramolecular Hbond substituents is 2. The van der Waals surface area contributed by atoms with Crippen molar-refractivity contribution >= 4 is 31.9 Å². The van der Waals surface area contributed by atoms with E-state index in [4.69, 9.17) is 0 Å². The molecule has 0 unspecified atom stereocenters. The van der Waals surface area contributed by atoms with E-state index in [0.29, 0.717) is 11.5 Å². The molecule has 0 radical (unpaired) electrons. The number of fused-ring (bicyclic) bond motifs is 8. The predicted octanol–water partition coefficient (Wildman–Crippen LogP) is 11.6. The van der Waals surface area contributed by atoms with Gasteiger partial charge in [0.05, 0.1) is 0 Å². The van der Waals surface area contributed by atoms with Crippen molar-refractivity contribution in [2.45, 2.75) is 114 Å². The lowest BCUT2D eigenvalue weighted by molar-refractivity contribution is 0.348. The van der Waals surface area contributed by atoms with E-state index < -0.39 is 0 Å². The number of aromatic hydroxyl groups is 2. The smallest absolute Gasteiger partial charge is 0.115 e. The predicted molar refractivity (Wildman–Crippen MR) is 197 cm³/mol. The minimum Gasteiger partial charge on any atom is -0.508 e. The SMILES string of the molecule is CC1(C)CC2(CC(C)(C)c3ccc(Br)cc32)c2cc(Br)ccc21.CC1(C)CC2(CC(C)(C)c3ccc(O)cc32)c2cc(O)ccc21. The summed E-state index contributed by atoms with van der Waals surface area (Å²) in [4.78, 5) is 0. The molecule has 4 heteroatoms. The summed E-state index contributed by atoms with van der Waals surface area (Å²) in [5.41, 5.74) is 11.8. The molecule has 0 aromatic heterocycles. The third-order valence-corrected chi connectivity index (χ3v) is 12.9. The zero-order valence-corrected chi connectivity index (χ0v) is 31.6. The van der Waals surface area contributed by atoms with Crippen molar-refractivity contribution in [3.63, 3.8) is 0 Å². The van der Waals surface area contributed by atoms with Crippen LogP contribution in [0.5, 0.6) is 11.5 Å².